The number of fused-ring (bicyclic) bond motifs is 1. The van der Waals surface area contributed by atoms with Gasteiger partial charge >= 0.3 is 0 Å². The number of nitrogens with zero attached hydrogens (tertiary/aromatic N) is 2. The van der Waals surface area contributed by atoms with Gasteiger partial charge in [-0.2, -0.15) is 0 Å². The van der Waals surface area contributed by atoms with Gasteiger partial charge in [-0.1, -0.05) is 42.5 Å². The number of hydrogen-bond acceptors (Lipinski definition) is 6. The Labute approximate surface area is 210 Å². The smallest absolute Gasteiger partial charge is 0.268 e. The monoisotopic (exact) mass is 505 g/mol. The van der Waals surface area contributed by atoms with Crippen LogP contribution in [-0.2, 0) is 31.7 Å². The number of carbonyl (C=O) groups excluding carboxylic acids is 1. The quantitative estimate of drug-likeness (QED) is 0.550. The molecule has 0 saturated carbocycles. The van der Waals surface area contributed by atoms with Crippen molar-refractivity contribution in [2.75, 3.05) is 36.1 Å². The van der Waals surface area contributed by atoms with E-state index in [0.29, 0.717) is 23.2 Å². The molecule has 2 fully saturated rings. The number of para-hydroxylation sites is 1. The fraction of sp³-hybridized carbons (Fsp3) is 0.296. The highest BCUT2D eigenvalue weighted by molar-refractivity contribution is 7.89. The standard InChI is InChI=1S/C27H27N3O5S/c28-36(33,34)22-11-7-20(8-12-22)27(32)23-3-1-2-4-24(23)30(25(27)31)15-19-5-9-21(10-6-19)29-14-13-26(16-29)17-35-18-26/h1-12,32H,13-18H2,(H2,28,33,34). The number of amides is 1. The Morgan fingerprint density at radius 1 is 0.972 bits per heavy atom. The Morgan fingerprint density at radius 2 is 1.67 bits per heavy atom. The van der Waals surface area contributed by atoms with Gasteiger partial charge in [-0.3, -0.25) is 4.79 Å². The van der Waals surface area contributed by atoms with Crippen molar-refractivity contribution in [3.63, 3.8) is 0 Å². The first-order valence-electron chi connectivity index (χ1n) is 11.9. The van der Waals surface area contributed by atoms with E-state index >= 15 is 0 Å². The van der Waals surface area contributed by atoms with E-state index in [-0.39, 0.29) is 10.5 Å². The molecule has 3 aromatic carbocycles. The maximum atomic E-state index is 13.7. The van der Waals surface area contributed by atoms with Crippen LogP contribution in [0, 0.1) is 5.41 Å². The number of hydrogen-bond donors (Lipinski definition) is 2. The van der Waals surface area contributed by atoms with Crippen molar-refractivity contribution in [3.05, 3.63) is 89.5 Å². The fourth-order valence-corrected chi connectivity index (χ4v) is 6.05. The van der Waals surface area contributed by atoms with Gasteiger partial charge < -0.3 is 19.6 Å². The van der Waals surface area contributed by atoms with Gasteiger partial charge in [0, 0.05) is 29.8 Å². The van der Waals surface area contributed by atoms with Crippen molar-refractivity contribution in [1.29, 1.82) is 0 Å². The number of benzene rings is 3. The summed E-state index contributed by atoms with van der Waals surface area (Å²) in [7, 11) is -3.89. The molecule has 186 valence electrons. The summed E-state index contributed by atoms with van der Waals surface area (Å²) in [6.07, 6.45) is 1.14. The summed E-state index contributed by atoms with van der Waals surface area (Å²) < 4.78 is 28.7. The lowest BCUT2D eigenvalue weighted by atomic mass is 9.85. The van der Waals surface area contributed by atoms with Crippen LogP contribution in [0.25, 0.3) is 0 Å². The number of anilines is 2. The predicted octanol–water partition coefficient (Wildman–Crippen LogP) is 2.34. The molecule has 3 heterocycles. The Kier molecular flexibility index (Phi) is 5.24. The van der Waals surface area contributed by atoms with Gasteiger partial charge in [-0.05, 0) is 47.9 Å². The number of sulfonamides is 1. The molecule has 0 bridgehead atoms. The zero-order valence-corrected chi connectivity index (χ0v) is 20.4. The average Bonchev–Trinajstić information content (AvgIpc) is 3.41. The largest absolute Gasteiger partial charge is 0.380 e. The van der Waals surface area contributed by atoms with Gasteiger partial charge in [-0.15, -0.1) is 0 Å². The lowest BCUT2D eigenvalue weighted by Crippen LogP contribution is -2.44. The van der Waals surface area contributed by atoms with Gasteiger partial charge in [0.15, 0.2) is 5.60 Å². The number of nitrogens with two attached hydrogens (primary N) is 1. The maximum Gasteiger partial charge on any atom is 0.268 e. The molecule has 3 aliphatic rings. The third-order valence-electron chi connectivity index (χ3n) is 7.64. The van der Waals surface area contributed by atoms with Crippen LogP contribution in [-0.4, -0.2) is 45.7 Å². The van der Waals surface area contributed by atoms with Crippen molar-refractivity contribution in [1.82, 2.24) is 0 Å². The lowest BCUT2D eigenvalue weighted by Gasteiger charge is -2.37. The molecular formula is C27H27N3O5S. The number of primary sulfonamides is 1. The molecule has 0 aliphatic carbocycles. The van der Waals surface area contributed by atoms with Crippen LogP contribution in [0.15, 0.2) is 77.7 Å². The van der Waals surface area contributed by atoms with Crippen molar-refractivity contribution in [2.24, 2.45) is 10.6 Å². The molecule has 6 rings (SSSR count). The first-order chi connectivity index (χ1) is 17.2. The first-order valence-corrected chi connectivity index (χ1v) is 13.4. The molecule has 3 aliphatic heterocycles. The number of ether oxygens (including phenoxy) is 1. The van der Waals surface area contributed by atoms with Crippen LogP contribution in [0.3, 0.4) is 0 Å². The summed E-state index contributed by atoms with van der Waals surface area (Å²) in [6, 6.07) is 20.8. The Bertz CT molecular complexity index is 1430. The summed E-state index contributed by atoms with van der Waals surface area (Å²) in [5.74, 6) is -0.484. The molecule has 1 atom stereocenters. The molecule has 2 saturated heterocycles. The van der Waals surface area contributed by atoms with Crippen LogP contribution in [0.2, 0.25) is 0 Å². The van der Waals surface area contributed by atoms with Gasteiger partial charge in [0.25, 0.3) is 5.91 Å². The molecule has 3 N–H and O–H groups in total. The Morgan fingerprint density at radius 3 is 2.28 bits per heavy atom. The zero-order chi connectivity index (χ0) is 25.1. The van der Waals surface area contributed by atoms with Crippen LogP contribution in [0.5, 0.6) is 0 Å². The van der Waals surface area contributed by atoms with E-state index in [1.807, 2.05) is 24.3 Å². The van der Waals surface area contributed by atoms with E-state index in [1.54, 1.807) is 17.0 Å². The van der Waals surface area contributed by atoms with Crippen LogP contribution in [0.4, 0.5) is 11.4 Å². The fourth-order valence-electron chi connectivity index (χ4n) is 5.53. The van der Waals surface area contributed by atoms with Gasteiger partial charge in [0.2, 0.25) is 10.0 Å². The third kappa shape index (κ3) is 3.62. The number of carbonyl (C=O) groups is 1. The van der Waals surface area contributed by atoms with Gasteiger partial charge in [0.05, 0.1) is 30.3 Å². The molecule has 3 aromatic rings. The molecule has 1 unspecified atom stereocenters. The summed E-state index contributed by atoms with van der Waals surface area (Å²) in [5, 5.41) is 16.9. The normalized spacial score (nSPS) is 22.7. The van der Waals surface area contributed by atoms with Gasteiger partial charge in [-0.25, -0.2) is 13.6 Å². The third-order valence-corrected chi connectivity index (χ3v) is 8.57. The maximum absolute atomic E-state index is 13.7. The minimum atomic E-state index is -3.89. The number of rotatable bonds is 5. The molecule has 36 heavy (non-hydrogen) atoms. The molecule has 9 heteroatoms. The SMILES string of the molecule is NS(=O)(=O)c1ccc(C2(O)C(=O)N(Cc3ccc(N4CCC5(COC5)C4)cc3)c3ccccc32)cc1. The highest BCUT2D eigenvalue weighted by Gasteiger charge is 2.51. The van der Waals surface area contributed by atoms with Gasteiger partial charge in [0.1, 0.15) is 0 Å². The second kappa shape index (κ2) is 8.14. The zero-order valence-electron chi connectivity index (χ0n) is 19.6. The lowest BCUT2D eigenvalue weighted by molar-refractivity contribution is -0.132. The highest BCUT2D eigenvalue weighted by Crippen LogP contribution is 2.45. The topological polar surface area (TPSA) is 113 Å². The van der Waals surface area contributed by atoms with Crippen molar-refractivity contribution < 1.29 is 23.1 Å². The molecular weight excluding hydrogens is 478 g/mol. The van der Waals surface area contributed by atoms with Crippen molar-refractivity contribution in [3.8, 4) is 0 Å². The summed E-state index contributed by atoms with van der Waals surface area (Å²) in [5.41, 5.74) is 1.84. The van der Waals surface area contributed by atoms with Crippen molar-refractivity contribution in [2.45, 2.75) is 23.5 Å². The second-order valence-electron chi connectivity index (χ2n) is 10.0. The number of aliphatic hydroxyl groups is 1. The average molecular weight is 506 g/mol. The van der Waals surface area contributed by atoms with E-state index in [0.717, 1.165) is 44.0 Å². The molecule has 0 radical (unpaired) electrons. The first kappa shape index (κ1) is 23.2. The van der Waals surface area contributed by atoms with Crippen LogP contribution in [0.1, 0.15) is 23.1 Å². The van der Waals surface area contributed by atoms with Crippen LogP contribution < -0.4 is 14.9 Å². The van der Waals surface area contributed by atoms with E-state index in [1.165, 1.54) is 24.3 Å². The molecule has 8 nitrogen and oxygen atoms in total. The Hall–Kier alpha value is -3.24. The van der Waals surface area contributed by atoms with E-state index < -0.39 is 21.5 Å². The van der Waals surface area contributed by atoms with E-state index in [2.05, 4.69) is 17.0 Å². The van der Waals surface area contributed by atoms with E-state index in [9.17, 15) is 18.3 Å². The molecule has 1 amide bonds. The van der Waals surface area contributed by atoms with Crippen LogP contribution >= 0.6 is 0 Å². The van der Waals surface area contributed by atoms with E-state index in [4.69, 9.17) is 9.88 Å². The second-order valence-corrected chi connectivity index (χ2v) is 11.6. The Balaban J connectivity index is 1.27. The summed E-state index contributed by atoms with van der Waals surface area (Å²) in [6.45, 7) is 3.99. The van der Waals surface area contributed by atoms with Crippen molar-refractivity contribution >= 4 is 27.3 Å². The highest BCUT2D eigenvalue weighted by atomic mass is 32.2. The summed E-state index contributed by atoms with van der Waals surface area (Å²) >= 11 is 0. The minimum Gasteiger partial charge on any atom is -0.380 e. The molecule has 0 aromatic heterocycles. The predicted molar refractivity (Wildman–Crippen MR) is 135 cm³/mol. The minimum absolute atomic E-state index is 0.0840. The molecule has 1 spiro atoms. The summed E-state index contributed by atoms with van der Waals surface area (Å²) in [4.78, 5) is 17.5.